The summed E-state index contributed by atoms with van der Waals surface area (Å²) in [7, 11) is 1.91. The molecule has 4 aromatic rings. The van der Waals surface area contributed by atoms with E-state index in [0.717, 1.165) is 47.9 Å². The Hall–Kier alpha value is -3.19. The lowest BCUT2D eigenvalue weighted by atomic mass is 10.0. The molecule has 0 unspecified atom stereocenters. The molecule has 0 saturated heterocycles. The molecule has 1 aromatic carbocycles. The number of hydrogen-bond acceptors (Lipinski definition) is 5. The minimum absolute atomic E-state index is 0.0164. The van der Waals surface area contributed by atoms with Gasteiger partial charge in [0.25, 0.3) is 0 Å². The van der Waals surface area contributed by atoms with E-state index in [1.165, 1.54) is 11.3 Å². The molecule has 0 saturated carbocycles. The Morgan fingerprint density at radius 2 is 2.11 bits per heavy atom. The zero-order chi connectivity index (χ0) is 18.2. The molecule has 0 aliphatic carbocycles. The van der Waals surface area contributed by atoms with Gasteiger partial charge < -0.3 is 15.3 Å². The van der Waals surface area contributed by atoms with E-state index < -0.39 is 0 Å². The van der Waals surface area contributed by atoms with Gasteiger partial charge in [0.2, 0.25) is 0 Å². The van der Waals surface area contributed by atoms with E-state index in [2.05, 4.69) is 42.3 Å². The summed E-state index contributed by atoms with van der Waals surface area (Å²) >= 11 is 0. The second-order valence-corrected chi connectivity index (χ2v) is 6.79. The number of imidazole rings is 2. The normalized spacial score (nSPS) is 17.1. The second kappa shape index (κ2) is 6.51. The van der Waals surface area contributed by atoms with Gasteiger partial charge in [-0.3, -0.25) is 4.90 Å². The van der Waals surface area contributed by atoms with Gasteiger partial charge in [-0.25, -0.2) is 15.0 Å². The highest BCUT2D eigenvalue weighted by molar-refractivity contribution is 5.75. The Labute approximate surface area is 156 Å². The molecule has 27 heavy (non-hydrogen) atoms. The molecule has 4 heterocycles. The summed E-state index contributed by atoms with van der Waals surface area (Å²) < 4.78 is 0. The first-order valence-electron chi connectivity index (χ1n) is 9.16. The van der Waals surface area contributed by atoms with Crippen LogP contribution in [0, 0.1) is 0 Å². The SMILES string of the molecule is CNc1ncccc1CN1CCc2[nH]cnc2[C@H]1c1nc2ccccc2[nH]1. The predicted octanol–water partition coefficient (Wildman–Crippen LogP) is 2.87. The van der Waals surface area contributed by atoms with Gasteiger partial charge in [-0.1, -0.05) is 18.2 Å². The van der Waals surface area contributed by atoms with Crippen LogP contribution >= 0.6 is 0 Å². The molecule has 0 amide bonds. The van der Waals surface area contributed by atoms with Crippen LogP contribution in [0.15, 0.2) is 48.9 Å². The fourth-order valence-electron chi connectivity index (χ4n) is 3.91. The van der Waals surface area contributed by atoms with Crippen molar-refractivity contribution in [2.24, 2.45) is 0 Å². The Bertz CT molecular complexity index is 1050. The van der Waals surface area contributed by atoms with Crippen LogP contribution in [0.3, 0.4) is 0 Å². The maximum atomic E-state index is 4.87. The lowest BCUT2D eigenvalue weighted by molar-refractivity contribution is 0.194. The van der Waals surface area contributed by atoms with Crippen LogP contribution < -0.4 is 5.32 Å². The highest BCUT2D eigenvalue weighted by Crippen LogP contribution is 2.34. The van der Waals surface area contributed by atoms with E-state index in [0.29, 0.717) is 0 Å². The number of benzene rings is 1. The van der Waals surface area contributed by atoms with E-state index in [4.69, 9.17) is 4.98 Å². The van der Waals surface area contributed by atoms with Gasteiger partial charge >= 0.3 is 0 Å². The molecule has 5 rings (SSSR count). The molecule has 7 heteroatoms. The van der Waals surface area contributed by atoms with Crippen LogP contribution in [0.2, 0.25) is 0 Å². The number of fused-ring (bicyclic) bond motifs is 2. The summed E-state index contributed by atoms with van der Waals surface area (Å²) in [6.45, 7) is 1.70. The number of hydrogen-bond donors (Lipinski definition) is 3. The summed E-state index contributed by atoms with van der Waals surface area (Å²) in [4.78, 5) is 23.2. The summed E-state index contributed by atoms with van der Waals surface area (Å²) in [6.07, 6.45) is 4.54. The number of anilines is 1. The average Bonchev–Trinajstić information content (AvgIpc) is 3.34. The van der Waals surface area contributed by atoms with Crippen molar-refractivity contribution in [2.75, 3.05) is 18.9 Å². The Kier molecular flexibility index (Phi) is 3.86. The third-order valence-corrected chi connectivity index (χ3v) is 5.19. The van der Waals surface area contributed by atoms with Crippen LogP contribution in [0.4, 0.5) is 5.82 Å². The first-order valence-corrected chi connectivity index (χ1v) is 9.16. The molecule has 1 aliphatic rings. The molecular weight excluding hydrogens is 338 g/mol. The Morgan fingerprint density at radius 1 is 1.19 bits per heavy atom. The molecule has 1 atom stereocenters. The standard InChI is InChI=1S/C20H21N7/c1-21-19-13(5-4-9-22-19)11-27-10-8-16-17(24-12-23-16)18(27)20-25-14-6-2-3-7-15(14)26-20/h2-7,9,12,18H,8,10-11H2,1H3,(H,21,22)(H,23,24)(H,25,26)/t18-/m0/s1. The van der Waals surface area contributed by atoms with Gasteiger partial charge in [0.15, 0.2) is 0 Å². The molecule has 3 N–H and O–H groups in total. The highest BCUT2D eigenvalue weighted by atomic mass is 15.2. The summed E-state index contributed by atoms with van der Waals surface area (Å²) in [5, 5.41) is 3.19. The topological polar surface area (TPSA) is 85.5 Å². The molecule has 0 fully saturated rings. The maximum Gasteiger partial charge on any atom is 0.130 e. The van der Waals surface area contributed by atoms with Crippen molar-refractivity contribution < 1.29 is 0 Å². The maximum absolute atomic E-state index is 4.87. The molecule has 0 spiro atoms. The van der Waals surface area contributed by atoms with Gasteiger partial charge in [-0.05, 0) is 18.2 Å². The fraction of sp³-hybridized carbons (Fsp3) is 0.250. The Balaban J connectivity index is 1.57. The Morgan fingerprint density at radius 3 is 3.00 bits per heavy atom. The average molecular weight is 359 g/mol. The third-order valence-electron chi connectivity index (χ3n) is 5.19. The first kappa shape index (κ1) is 16.0. The lowest BCUT2D eigenvalue weighted by Crippen LogP contribution is -2.36. The number of H-pyrrole nitrogens is 2. The number of aromatic amines is 2. The third kappa shape index (κ3) is 2.76. The molecule has 3 aromatic heterocycles. The zero-order valence-electron chi connectivity index (χ0n) is 15.1. The van der Waals surface area contributed by atoms with E-state index >= 15 is 0 Å². The van der Waals surface area contributed by atoms with Crippen LogP contribution in [0.1, 0.15) is 28.8 Å². The van der Waals surface area contributed by atoms with E-state index in [-0.39, 0.29) is 6.04 Å². The van der Waals surface area contributed by atoms with E-state index in [1.807, 2.05) is 37.5 Å². The van der Waals surface area contributed by atoms with Gasteiger partial charge in [0.05, 0.1) is 23.1 Å². The van der Waals surface area contributed by atoms with E-state index in [1.54, 1.807) is 6.33 Å². The van der Waals surface area contributed by atoms with E-state index in [9.17, 15) is 0 Å². The van der Waals surface area contributed by atoms with Crippen LogP contribution in [-0.2, 0) is 13.0 Å². The summed E-state index contributed by atoms with van der Waals surface area (Å²) in [5.41, 5.74) is 5.44. The molecule has 136 valence electrons. The van der Waals surface area contributed by atoms with Gasteiger partial charge in [0.1, 0.15) is 17.7 Å². The summed E-state index contributed by atoms with van der Waals surface area (Å²) in [6, 6.07) is 12.2. The van der Waals surface area contributed by atoms with Crippen LogP contribution in [0.5, 0.6) is 0 Å². The fourth-order valence-corrected chi connectivity index (χ4v) is 3.91. The largest absolute Gasteiger partial charge is 0.373 e. The molecule has 0 bridgehead atoms. The molecular formula is C20H21N7. The molecule has 1 aliphatic heterocycles. The monoisotopic (exact) mass is 359 g/mol. The van der Waals surface area contributed by atoms with Crippen molar-refractivity contribution in [3.63, 3.8) is 0 Å². The number of rotatable bonds is 4. The number of aromatic nitrogens is 5. The van der Waals surface area contributed by atoms with Crippen molar-refractivity contribution in [1.29, 1.82) is 0 Å². The number of pyridine rings is 1. The van der Waals surface area contributed by atoms with Crippen LogP contribution in [-0.4, -0.2) is 43.4 Å². The number of nitrogens with one attached hydrogen (secondary N) is 3. The smallest absolute Gasteiger partial charge is 0.130 e. The van der Waals surface area contributed by atoms with Crippen molar-refractivity contribution in [2.45, 2.75) is 19.0 Å². The summed E-state index contributed by atoms with van der Waals surface area (Å²) in [5.74, 6) is 1.84. The van der Waals surface area contributed by atoms with Gasteiger partial charge in [0, 0.05) is 44.0 Å². The van der Waals surface area contributed by atoms with Gasteiger partial charge in [-0.15, -0.1) is 0 Å². The number of nitrogens with zero attached hydrogens (tertiary/aromatic N) is 4. The van der Waals surface area contributed by atoms with Crippen molar-refractivity contribution >= 4 is 16.9 Å². The molecule has 7 nitrogen and oxygen atoms in total. The van der Waals surface area contributed by atoms with Crippen LogP contribution in [0.25, 0.3) is 11.0 Å². The predicted molar refractivity (Wildman–Crippen MR) is 104 cm³/mol. The highest BCUT2D eigenvalue weighted by Gasteiger charge is 2.33. The molecule has 0 radical (unpaired) electrons. The quantitative estimate of drug-likeness (QED) is 0.522. The minimum atomic E-state index is -0.0164. The lowest BCUT2D eigenvalue weighted by Gasteiger charge is -2.34. The number of para-hydroxylation sites is 2. The van der Waals surface area contributed by atoms with Crippen molar-refractivity contribution in [1.82, 2.24) is 29.8 Å². The van der Waals surface area contributed by atoms with Crippen molar-refractivity contribution in [3.8, 4) is 0 Å². The van der Waals surface area contributed by atoms with Gasteiger partial charge in [-0.2, -0.15) is 0 Å². The first-order chi connectivity index (χ1) is 13.3. The minimum Gasteiger partial charge on any atom is -0.373 e. The second-order valence-electron chi connectivity index (χ2n) is 6.79. The zero-order valence-corrected chi connectivity index (χ0v) is 15.1. The van der Waals surface area contributed by atoms with Crippen molar-refractivity contribution in [3.05, 3.63) is 71.7 Å².